The van der Waals surface area contributed by atoms with E-state index in [2.05, 4.69) is 10.1 Å². The van der Waals surface area contributed by atoms with Gasteiger partial charge in [-0.25, -0.2) is 13.2 Å². The van der Waals surface area contributed by atoms with E-state index in [0.29, 0.717) is 35.2 Å². The van der Waals surface area contributed by atoms with Gasteiger partial charge in [0.15, 0.2) is 9.84 Å². The van der Waals surface area contributed by atoms with Gasteiger partial charge in [-0.2, -0.15) is 0 Å². The third kappa shape index (κ3) is 5.45. The number of likely N-dealkylation sites (N-methyl/N-ethyl adjacent to an activating group) is 1. The lowest BCUT2D eigenvalue weighted by Crippen LogP contribution is -2.33. The van der Waals surface area contributed by atoms with Crippen LogP contribution >= 0.6 is 0 Å². The van der Waals surface area contributed by atoms with Crippen LogP contribution in [0.4, 0.5) is 5.69 Å². The standard InChI is InChI=1S/C24H27N3O6S/c1-4-26(5-2)23(29)15-27-14-21(19-8-6-7-9-20(19)27)34(31,32)16-22(28)25-18-12-10-17(11-13-18)24(30)33-3/h6-14H,4-5,15-16H2,1-3H3,(H,25,28). The second kappa shape index (κ2) is 10.5. The quantitative estimate of drug-likeness (QED) is 0.466. The molecule has 2 amide bonds. The lowest BCUT2D eigenvalue weighted by atomic mass is 10.2. The highest BCUT2D eigenvalue weighted by molar-refractivity contribution is 7.92. The Bertz CT molecular complexity index is 1310. The van der Waals surface area contributed by atoms with Crippen molar-refractivity contribution in [1.82, 2.24) is 9.47 Å². The number of nitrogens with zero attached hydrogens (tertiary/aromatic N) is 2. The summed E-state index contributed by atoms with van der Waals surface area (Å²) in [5, 5.41) is 2.98. The molecule has 0 spiro atoms. The van der Waals surface area contributed by atoms with Crippen LogP contribution in [0.1, 0.15) is 24.2 Å². The van der Waals surface area contributed by atoms with Crippen molar-refractivity contribution in [2.24, 2.45) is 0 Å². The summed E-state index contributed by atoms with van der Waals surface area (Å²) >= 11 is 0. The molecule has 34 heavy (non-hydrogen) atoms. The molecule has 0 aliphatic heterocycles. The van der Waals surface area contributed by atoms with E-state index in [1.807, 2.05) is 13.8 Å². The Morgan fingerprint density at radius 2 is 1.65 bits per heavy atom. The maximum Gasteiger partial charge on any atom is 0.337 e. The zero-order chi connectivity index (χ0) is 24.9. The summed E-state index contributed by atoms with van der Waals surface area (Å²) in [5.41, 5.74) is 1.25. The number of carbonyl (C=O) groups is 3. The van der Waals surface area contributed by atoms with E-state index in [1.165, 1.54) is 37.6 Å². The van der Waals surface area contributed by atoms with Gasteiger partial charge in [-0.1, -0.05) is 18.2 Å². The van der Waals surface area contributed by atoms with E-state index in [0.717, 1.165) is 0 Å². The van der Waals surface area contributed by atoms with Gasteiger partial charge in [0.1, 0.15) is 12.3 Å². The molecule has 0 aliphatic carbocycles. The van der Waals surface area contributed by atoms with Gasteiger partial charge in [-0.15, -0.1) is 0 Å². The van der Waals surface area contributed by atoms with E-state index in [1.54, 1.807) is 33.7 Å². The number of carbonyl (C=O) groups excluding carboxylic acids is 3. The number of rotatable bonds is 9. The average Bonchev–Trinajstić information content (AvgIpc) is 3.19. The molecular weight excluding hydrogens is 458 g/mol. The normalized spacial score (nSPS) is 11.3. The molecule has 0 radical (unpaired) electrons. The van der Waals surface area contributed by atoms with Crippen molar-refractivity contribution in [3.8, 4) is 0 Å². The molecule has 9 nitrogen and oxygen atoms in total. The number of amides is 2. The molecule has 1 heterocycles. The summed E-state index contributed by atoms with van der Waals surface area (Å²) in [4.78, 5) is 38.3. The van der Waals surface area contributed by atoms with E-state index in [-0.39, 0.29) is 17.3 Å². The third-order valence-electron chi connectivity index (χ3n) is 5.42. The number of aromatic nitrogens is 1. The number of sulfone groups is 1. The van der Waals surface area contributed by atoms with Gasteiger partial charge >= 0.3 is 5.97 Å². The predicted octanol–water partition coefficient (Wildman–Crippen LogP) is 2.71. The molecule has 3 rings (SSSR count). The number of hydrogen-bond donors (Lipinski definition) is 1. The molecule has 10 heteroatoms. The predicted molar refractivity (Wildman–Crippen MR) is 128 cm³/mol. The molecule has 0 saturated carbocycles. The first kappa shape index (κ1) is 25.0. The Balaban J connectivity index is 1.82. The minimum absolute atomic E-state index is 0.00352. The van der Waals surface area contributed by atoms with Crippen molar-refractivity contribution in [1.29, 1.82) is 0 Å². The van der Waals surface area contributed by atoms with Crippen LogP contribution in [0.25, 0.3) is 10.9 Å². The molecule has 0 unspecified atom stereocenters. The number of fused-ring (bicyclic) bond motifs is 1. The van der Waals surface area contributed by atoms with Crippen molar-refractivity contribution < 1.29 is 27.5 Å². The topological polar surface area (TPSA) is 115 Å². The van der Waals surface area contributed by atoms with Crippen LogP contribution in [-0.4, -0.2) is 61.6 Å². The number of benzene rings is 2. The van der Waals surface area contributed by atoms with Crippen molar-refractivity contribution >= 4 is 44.2 Å². The number of methoxy groups -OCH3 is 1. The van der Waals surface area contributed by atoms with Gasteiger partial charge in [-0.05, 0) is 44.2 Å². The minimum atomic E-state index is -4.01. The first-order valence-electron chi connectivity index (χ1n) is 10.8. The Kier molecular flexibility index (Phi) is 7.72. The monoisotopic (exact) mass is 485 g/mol. The molecule has 0 bridgehead atoms. The molecule has 1 N–H and O–H groups in total. The van der Waals surface area contributed by atoms with Crippen LogP contribution in [0.2, 0.25) is 0 Å². The number of nitrogens with one attached hydrogen (secondary N) is 1. The number of anilines is 1. The van der Waals surface area contributed by atoms with Gasteiger partial charge in [-0.3, -0.25) is 9.59 Å². The van der Waals surface area contributed by atoms with Crippen LogP contribution in [-0.2, 0) is 30.7 Å². The van der Waals surface area contributed by atoms with Crippen LogP contribution in [0, 0.1) is 0 Å². The average molecular weight is 486 g/mol. The lowest BCUT2D eigenvalue weighted by Gasteiger charge is -2.19. The van der Waals surface area contributed by atoms with Crippen molar-refractivity contribution in [2.45, 2.75) is 25.3 Å². The van der Waals surface area contributed by atoms with Gasteiger partial charge < -0.3 is 19.5 Å². The maximum atomic E-state index is 13.1. The largest absolute Gasteiger partial charge is 0.465 e. The second-order valence-corrected chi connectivity index (χ2v) is 9.54. The molecule has 0 atom stereocenters. The lowest BCUT2D eigenvalue weighted by molar-refractivity contribution is -0.131. The fourth-order valence-electron chi connectivity index (χ4n) is 3.67. The highest BCUT2D eigenvalue weighted by Gasteiger charge is 2.25. The summed E-state index contributed by atoms with van der Waals surface area (Å²) in [7, 11) is -2.75. The molecular formula is C24H27N3O6S. The van der Waals surface area contributed by atoms with Gasteiger partial charge in [0.05, 0.1) is 17.6 Å². The van der Waals surface area contributed by atoms with Gasteiger partial charge in [0.25, 0.3) is 0 Å². The number of ether oxygens (including phenoxy) is 1. The molecule has 0 aliphatic rings. The van der Waals surface area contributed by atoms with Crippen LogP contribution in [0.3, 0.4) is 0 Å². The number of para-hydroxylation sites is 1. The van der Waals surface area contributed by atoms with Gasteiger partial charge in [0.2, 0.25) is 11.8 Å². The molecule has 3 aromatic rings. The molecule has 2 aromatic carbocycles. The Labute approximate surface area is 198 Å². The summed E-state index contributed by atoms with van der Waals surface area (Å²) in [6, 6.07) is 12.8. The summed E-state index contributed by atoms with van der Waals surface area (Å²) in [6.07, 6.45) is 1.42. The summed E-state index contributed by atoms with van der Waals surface area (Å²) < 4.78 is 32.5. The first-order chi connectivity index (χ1) is 16.2. The summed E-state index contributed by atoms with van der Waals surface area (Å²) in [6.45, 7) is 4.87. The highest BCUT2D eigenvalue weighted by atomic mass is 32.2. The highest BCUT2D eigenvalue weighted by Crippen LogP contribution is 2.27. The van der Waals surface area contributed by atoms with Gasteiger partial charge in [0, 0.05) is 35.9 Å². The van der Waals surface area contributed by atoms with E-state index in [4.69, 9.17) is 0 Å². The first-order valence-corrected chi connectivity index (χ1v) is 12.4. The van der Waals surface area contributed by atoms with Crippen LogP contribution in [0.15, 0.2) is 59.6 Å². The zero-order valence-electron chi connectivity index (χ0n) is 19.3. The van der Waals surface area contributed by atoms with Crippen LogP contribution < -0.4 is 5.32 Å². The smallest absolute Gasteiger partial charge is 0.337 e. The maximum absolute atomic E-state index is 13.1. The fourth-order valence-corrected chi connectivity index (χ4v) is 5.04. The Morgan fingerprint density at radius 1 is 1.00 bits per heavy atom. The molecule has 0 fully saturated rings. The van der Waals surface area contributed by atoms with Crippen molar-refractivity contribution in [3.05, 3.63) is 60.3 Å². The van der Waals surface area contributed by atoms with E-state index in [9.17, 15) is 22.8 Å². The summed E-state index contributed by atoms with van der Waals surface area (Å²) in [5.74, 6) is -2.13. The molecule has 180 valence electrons. The van der Waals surface area contributed by atoms with Crippen molar-refractivity contribution in [3.63, 3.8) is 0 Å². The van der Waals surface area contributed by atoms with E-state index < -0.39 is 27.5 Å². The molecule has 1 aromatic heterocycles. The third-order valence-corrected chi connectivity index (χ3v) is 7.06. The minimum Gasteiger partial charge on any atom is -0.465 e. The SMILES string of the molecule is CCN(CC)C(=O)Cn1cc(S(=O)(=O)CC(=O)Nc2ccc(C(=O)OC)cc2)c2ccccc21. The van der Waals surface area contributed by atoms with Crippen molar-refractivity contribution in [2.75, 3.05) is 31.3 Å². The Morgan fingerprint density at radius 3 is 2.26 bits per heavy atom. The second-order valence-electron chi connectivity index (χ2n) is 7.58. The van der Waals surface area contributed by atoms with Crippen LogP contribution in [0.5, 0.6) is 0 Å². The number of esters is 1. The molecule has 0 saturated heterocycles. The zero-order valence-corrected chi connectivity index (χ0v) is 20.1. The van der Waals surface area contributed by atoms with E-state index >= 15 is 0 Å². The fraction of sp³-hybridized carbons (Fsp3) is 0.292. The number of hydrogen-bond acceptors (Lipinski definition) is 6. The Hall–Kier alpha value is -3.66.